The highest BCUT2D eigenvalue weighted by Crippen LogP contribution is 2.08. The molecule has 4 nitrogen and oxygen atoms in total. The summed E-state index contributed by atoms with van der Waals surface area (Å²) in [4.78, 5) is 20.7. The number of ether oxygens (including phenoxy) is 1. The Morgan fingerprint density at radius 1 is 0.679 bits per heavy atom. The molecule has 0 aliphatic rings. The number of carbonyl (C=O) groups excluding carboxylic acids is 1. The molecular weight excluding hydrogens is 352 g/mol. The largest absolute Gasteiger partial charge is 0.481 e. The molecule has 4 heteroatoms. The van der Waals surface area contributed by atoms with Crippen molar-refractivity contribution in [3.05, 3.63) is 46.6 Å². The number of carbonyl (C=O) groups is 2. The lowest BCUT2D eigenvalue weighted by Crippen LogP contribution is -1.98. The van der Waals surface area contributed by atoms with Crippen molar-refractivity contribution in [2.45, 2.75) is 87.0 Å². The number of aliphatic carboxylic acids is 1. The lowest BCUT2D eigenvalue weighted by Gasteiger charge is -2.00. The molecule has 0 amide bonds. The van der Waals surface area contributed by atoms with Crippen LogP contribution >= 0.6 is 0 Å². The Labute approximate surface area is 172 Å². The van der Waals surface area contributed by atoms with Crippen molar-refractivity contribution in [2.75, 3.05) is 6.61 Å². The molecule has 0 fully saturated rings. The quantitative estimate of drug-likeness (QED) is 0.311. The van der Waals surface area contributed by atoms with Crippen molar-refractivity contribution in [1.29, 1.82) is 0 Å². The van der Waals surface area contributed by atoms with Gasteiger partial charge in [0.15, 0.2) is 0 Å². The SMILES string of the molecule is CC(=O)OC/C=C(/C)CCC=C(C)C.CC(C)=CCC/C(C)=C\CCC(=O)O. The highest BCUT2D eigenvalue weighted by Gasteiger charge is 1.94. The van der Waals surface area contributed by atoms with E-state index in [1.165, 1.54) is 29.2 Å². The molecule has 0 aromatic rings. The van der Waals surface area contributed by atoms with E-state index in [9.17, 15) is 9.59 Å². The summed E-state index contributed by atoms with van der Waals surface area (Å²) in [5.41, 5.74) is 5.23. The summed E-state index contributed by atoms with van der Waals surface area (Å²) in [6.45, 7) is 14.3. The highest BCUT2D eigenvalue weighted by molar-refractivity contribution is 5.66. The Morgan fingerprint density at radius 3 is 1.50 bits per heavy atom. The van der Waals surface area contributed by atoms with E-state index in [1.807, 2.05) is 12.2 Å². The Kier molecular flexibility index (Phi) is 18.3. The summed E-state index contributed by atoms with van der Waals surface area (Å²) in [6.07, 6.45) is 13.5. The molecule has 0 saturated carbocycles. The summed E-state index contributed by atoms with van der Waals surface area (Å²) >= 11 is 0. The Bertz CT molecular complexity index is 517. The van der Waals surface area contributed by atoms with Gasteiger partial charge in [-0.1, -0.05) is 40.5 Å². The first kappa shape index (κ1) is 28.1. The van der Waals surface area contributed by atoms with Crippen molar-refractivity contribution in [3.63, 3.8) is 0 Å². The van der Waals surface area contributed by atoms with E-state index in [-0.39, 0.29) is 12.4 Å². The highest BCUT2D eigenvalue weighted by atomic mass is 16.5. The van der Waals surface area contributed by atoms with Crippen molar-refractivity contribution in [2.24, 2.45) is 0 Å². The van der Waals surface area contributed by atoms with Crippen LogP contribution in [0.5, 0.6) is 0 Å². The molecule has 0 rings (SSSR count). The summed E-state index contributed by atoms with van der Waals surface area (Å²) in [6, 6.07) is 0. The monoisotopic (exact) mass is 392 g/mol. The van der Waals surface area contributed by atoms with Crippen molar-refractivity contribution < 1.29 is 19.4 Å². The van der Waals surface area contributed by atoms with E-state index in [0.717, 1.165) is 25.7 Å². The summed E-state index contributed by atoms with van der Waals surface area (Å²) in [7, 11) is 0. The maximum atomic E-state index is 10.5. The number of esters is 1. The molecule has 0 unspecified atom stereocenters. The molecule has 0 saturated heterocycles. The van der Waals surface area contributed by atoms with Gasteiger partial charge in [0.2, 0.25) is 0 Å². The molecule has 0 aromatic heterocycles. The predicted octanol–water partition coefficient (Wildman–Crippen LogP) is 6.79. The molecule has 0 aliphatic carbocycles. The molecule has 0 aliphatic heterocycles. The molecule has 0 aromatic carbocycles. The fourth-order valence-corrected chi connectivity index (χ4v) is 2.12. The van der Waals surface area contributed by atoms with Gasteiger partial charge < -0.3 is 9.84 Å². The van der Waals surface area contributed by atoms with Crippen LogP contribution in [0.25, 0.3) is 0 Å². The van der Waals surface area contributed by atoms with Crippen LogP contribution < -0.4 is 0 Å². The zero-order chi connectivity index (χ0) is 21.9. The second-order valence-corrected chi connectivity index (χ2v) is 7.48. The fraction of sp³-hybridized carbons (Fsp3) is 0.583. The lowest BCUT2D eigenvalue weighted by atomic mass is 10.1. The molecular formula is C24H40O4. The van der Waals surface area contributed by atoms with Crippen LogP contribution in [-0.2, 0) is 14.3 Å². The number of carboxylic acids is 1. The van der Waals surface area contributed by atoms with Crippen LogP contribution in [0.2, 0.25) is 0 Å². The number of rotatable bonds is 11. The molecule has 0 bridgehead atoms. The van der Waals surface area contributed by atoms with Gasteiger partial charge in [-0.05, 0) is 79.7 Å². The maximum absolute atomic E-state index is 10.5. The summed E-state index contributed by atoms with van der Waals surface area (Å²) < 4.78 is 4.81. The Balaban J connectivity index is 0. The minimum Gasteiger partial charge on any atom is -0.481 e. The normalized spacial score (nSPS) is 11.1. The first-order valence-corrected chi connectivity index (χ1v) is 9.97. The molecule has 0 spiro atoms. The molecule has 0 heterocycles. The molecule has 160 valence electrons. The van der Waals surface area contributed by atoms with Crippen molar-refractivity contribution >= 4 is 11.9 Å². The average Bonchev–Trinajstić information content (AvgIpc) is 2.54. The second kappa shape index (κ2) is 18.3. The van der Waals surface area contributed by atoms with E-state index >= 15 is 0 Å². The second-order valence-electron chi connectivity index (χ2n) is 7.48. The van der Waals surface area contributed by atoms with E-state index in [4.69, 9.17) is 9.84 Å². The van der Waals surface area contributed by atoms with Crippen molar-refractivity contribution in [3.8, 4) is 0 Å². The number of hydrogen-bond donors (Lipinski definition) is 1. The Morgan fingerprint density at radius 2 is 1.11 bits per heavy atom. The first-order chi connectivity index (χ1) is 13.0. The minimum absolute atomic E-state index is 0.224. The Hall–Kier alpha value is -2.10. The molecule has 1 N–H and O–H groups in total. The van der Waals surface area contributed by atoms with Gasteiger partial charge in [-0.15, -0.1) is 0 Å². The van der Waals surface area contributed by atoms with Gasteiger partial charge >= 0.3 is 11.9 Å². The van der Waals surface area contributed by atoms with E-state index in [2.05, 4.69) is 53.7 Å². The first-order valence-electron chi connectivity index (χ1n) is 9.97. The number of allylic oxidation sites excluding steroid dienone is 7. The maximum Gasteiger partial charge on any atom is 0.303 e. The molecule has 28 heavy (non-hydrogen) atoms. The number of hydrogen-bond acceptors (Lipinski definition) is 3. The smallest absolute Gasteiger partial charge is 0.303 e. The van der Waals surface area contributed by atoms with Gasteiger partial charge in [-0.3, -0.25) is 9.59 Å². The fourth-order valence-electron chi connectivity index (χ4n) is 2.12. The third kappa shape index (κ3) is 26.1. The van der Waals surface area contributed by atoms with Gasteiger partial charge in [0, 0.05) is 13.3 Å². The topological polar surface area (TPSA) is 63.6 Å². The number of carboxylic acid groups (broad SMARTS) is 1. The third-order valence-electron chi connectivity index (χ3n) is 3.75. The molecule has 0 atom stereocenters. The van der Waals surface area contributed by atoms with E-state index in [1.54, 1.807) is 0 Å². The predicted molar refractivity (Wildman–Crippen MR) is 118 cm³/mol. The summed E-state index contributed by atoms with van der Waals surface area (Å²) in [5, 5.41) is 8.44. The lowest BCUT2D eigenvalue weighted by molar-refractivity contribution is -0.140. The van der Waals surface area contributed by atoms with E-state index in [0.29, 0.717) is 13.0 Å². The average molecular weight is 393 g/mol. The zero-order valence-corrected chi connectivity index (χ0v) is 18.9. The third-order valence-corrected chi connectivity index (χ3v) is 3.75. The minimum atomic E-state index is -0.724. The van der Waals surface area contributed by atoms with Gasteiger partial charge in [-0.2, -0.15) is 0 Å². The van der Waals surface area contributed by atoms with Gasteiger partial charge in [0.1, 0.15) is 6.61 Å². The van der Waals surface area contributed by atoms with Crippen LogP contribution in [0.15, 0.2) is 46.6 Å². The van der Waals surface area contributed by atoms with Gasteiger partial charge in [-0.25, -0.2) is 0 Å². The van der Waals surface area contributed by atoms with Crippen LogP contribution in [0.4, 0.5) is 0 Å². The van der Waals surface area contributed by atoms with Crippen molar-refractivity contribution in [1.82, 2.24) is 0 Å². The van der Waals surface area contributed by atoms with Crippen LogP contribution in [0.1, 0.15) is 87.0 Å². The van der Waals surface area contributed by atoms with Crippen LogP contribution in [-0.4, -0.2) is 23.7 Å². The molecule has 0 radical (unpaired) electrons. The van der Waals surface area contributed by atoms with Crippen LogP contribution in [0.3, 0.4) is 0 Å². The standard InChI is InChI=1S/2C12H20O2/c1-10(2)6-5-7-11(3)8-9-14-12(4)13;1-10(2)6-4-7-11(3)8-5-9-12(13)14/h6,8H,5,7,9H2,1-4H3;6,8H,4-5,7,9H2,1-3H3,(H,13,14)/b2*11-8-. The van der Waals surface area contributed by atoms with Gasteiger partial charge in [0.05, 0.1) is 0 Å². The zero-order valence-electron chi connectivity index (χ0n) is 18.9. The summed E-state index contributed by atoms with van der Waals surface area (Å²) in [5.74, 6) is -0.948. The van der Waals surface area contributed by atoms with Gasteiger partial charge in [0.25, 0.3) is 0 Å². The van der Waals surface area contributed by atoms with E-state index < -0.39 is 5.97 Å². The van der Waals surface area contributed by atoms with Crippen LogP contribution in [0, 0.1) is 0 Å².